The van der Waals surface area contributed by atoms with Crippen molar-refractivity contribution in [1.82, 2.24) is 15.6 Å². The summed E-state index contributed by atoms with van der Waals surface area (Å²) in [4.78, 5) is 22.4. The maximum Gasteiger partial charge on any atom is 0.252 e. The van der Waals surface area contributed by atoms with Gasteiger partial charge in [-0.2, -0.15) is 0 Å². The fraction of sp³-hybridized carbons (Fsp3) is 0.381. The van der Waals surface area contributed by atoms with E-state index in [9.17, 15) is 9.90 Å². The molecule has 1 aromatic heterocycles. The summed E-state index contributed by atoms with van der Waals surface area (Å²) >= 11 is 0. The van der Waals surface area contributed by atoms with Crippen LogP contribution in [0.15, 0.2) is 35.3 Å². The van der Waals surface area contributed by atoms with E-state index in [2.05, 4.69) is 15.6 Å². The third-order valence-corrected chi connectivity index (χ3v) is 5.19. The molecule has 28 heavy (non-hydrogen) atoms. The molecule has 3 N–H and O–H groups in total. The van der Waals surface area contributed by atoms with Crippen LogP contribution in [0, 0.1) is 0 Å². The van der Waals surface area contributed by atoms with Gasteiger partial charge in [-0.15, -0.1) is 0 Å². The number of benzene rings is 1. The third-order valence-electron chi connectivity index (χ3n) is 5.19. The van der Waals surface area contributed by atoms with Gasteiger partial charge in [-0.1, -0.05) is 0 Å². The number of nitrogens with one attached hydrogen (secondary N) is 2. The first-order valence-electron chi connectivity index (χ1n) is 9.54. The first kappa shape index (κ1) is 18.6. The molecule has 0 radical (unpaired) electrons. The number of aromatic nitrogens is 1. The van der Waals surface area contributed by atoms with Gasteiger partial charge in [0.2, 0.25) is 0 Å². The van der Waals surface area contributed by atoms with Crippen molar-refractivity contribution < 1.29 is 14.6 Å². The minimum Gasteiger partial charge on any atom is -0.508 e. The van der Waals surface area contributed by atoms with E-state index in [0.717, 1.165) is 29.1 Å². The van der Waals surface area contributed by atoms with Crippen LogP contribution in [-0.4, -0.2) is 53.6 Å². The molecule has 2 atom stereocenters. The highest BCUT2D eigenvalue weighted by Gasteiger charge is 2.31. The topological polar surface area (TPSA) is 95.8 Å². The predicted molar refractivity (Wildman–Crippen MR) is 107 cm³/mol. The minimum atomic E-state index is -0.145. The highest BCUT2D eigenvalue weighted by atomic mass is 16.5. The number of nitrogens with zero attached hydrogens (tertiary/aromatic N) is 2. The van der Waals surface area contributed by atoms with Gasteiger partial charge in [0.05, 0.1) is 35.6 Å². The van der Waals surface area contributed by atoms with Crippen LogP contribution in [0.4, 0.5) is 0 Å². The van der Waals surface area contributed by atoms with E-state index >= 15 is 0 Å². The van der Waals surface area contributed by atoms with Gasteiger partial charge in [0.25, 0.3) is 5.91 Å². The van der Waals surface area contributed by atoms with E-state index in [1.54, 1.807) is 24.3 Å². The second-order valence-corrected chi connectivity index (χ2v) is 7.06. The average Bonchev–Trinajstić information content (AvgIpc) is 3.28. The van der Waals surface area contributed by atoms with Crippen molar-refractivity contribution in [3.8, 4) is 17.0 Å². The van der Waals surface area contributed by atoms with Gasteiger partial charge >= 0.3 is 0 Å². The molecule has 1 amide bonds. The monoisotopic (exact) mass is 380 g/mol. The zero-order valence-electron chi connectivity index (χ0n) is 16.0. The van der Waals surface area contributed by atoms with E-state index in [1.165, 1.54) is 0 Å². The highest BCUT2D eigenvalue weighted by Crippen LogP contribution is 2.28. The predicted octanol–water partition coefficient (Wildman–Crippen LogP) is 1.88. The van der Waals surface area contributed by atoms with E-state index in [0.29, 0.717) is 31.0 Å². The summed E-state index contributed by atoms with van der Waals surface area (Å²) < 4.78 is 5.73. The molecule has 7 nitrogen and oxygen atoms in total. The van der Waals surface area contributed by atoms with Crippen molar-refractivity contribution in [2.45, 2.75) is 32.5 Å². The van der Waals surface area contributed by atoms with Crippen LogP contribution in [0.25, 0.3) is 11.3 Å². The Hall–Kier alpha value is -2.77. The summed E-state index contributed by atoms with van der Waals surface area (Å²) in [6.45, 7) is 6.36. The molecule has 2 aromatic rings. The number of hydrogen-bond donors (Lipinski definition) is 3. The van der Waals surface area contributed by atoms with Gasteiger partial charge in [-0.25, -0.2) is 0 Å². The fourth-order valence-corrected chi connectivity index (χ4v) is 3.78. The van der Waals surface area contributed by atoms with Crippen molar-refractivity contribution in [3.05, 3.63) is 47.2 Å². The van der Waals surface area contributed by atoms with E-state index in [4.69, 9.17) is 9.72 Å². The molecule has 3 heterocycles. The second-order valence-electron chi connectivity index (χ2n) is 7.06. The van der Waals surface area contributed by atoms with Gasteiger partial charge < -0.3 is 20.5 Å². The number of phenolic OH excluding ortho intramolecular Hbond substituents is 1. The number of amides is 1. The normalized spacial score (nSPS) is 20.7. The molecule has 7 heteroatoms. The number of aliphatic imine (C=N–C) groups is 1. The Morgan fingerprint density at radius 2 is 2.11 bits per heavy atom. The van der Waals surface area contributed by atoms with Crippen LogP contribution in [0.3, 0.4) is 0 Å². The van der Waals surface area contributed by atoms with Crippen LogP contribution >= 0.6 is 0 Å². The standard InChI is InChI=1S/C21H24N4O3/c1-3-28-19-11-22-9-17(19)25-21(27)15-8-16(13-4-6-14(26)7-5-13)24-18-10-23-12(2)20(15)18/h4-8,17,19,22,26H,3,9-11H2,1-2H3,(H,25,27). The SMILES string of the molecule is CCOC1CNCC1NC(=O)c1cc(-c2ccc(O)cc2)nc2c1C(C)=NC2. The second kappa shape index (κ2) is 7.69. The first-order valence-corrected chi connectivity index (χ1v) is 9.54. The van der Waals surface area contributed by atoms with Gasteiger partial charge in [0, 0.05) is 36.5 Å². The van der Waals surface area contributed by atoms with E-state index in [1.807, 2.05) is 19.9 Å². The summed E-state index contributed by atoms with van der Waals surface area (Å²) in [6.07, 6.45) is -0.0323. The number of pyridine rings is 1. The number of ether oxygens (including phenoxy) is 1. The van der Waals surface area contributed by atoms with Crippen LogP contribution in [0.2, 0.25) is 0 Å². The van der Waals surface area contributed by atoms with Crippen molar-refractivity contribution in [2.24, 2.45) is 4.99 Å². The number of phenols is 1. The zero-order chi connectivity index (χ0) is 19.7. The van der Waals surface area contributed by atoms with Crippen LogP contribution in [0.1, 0.15) is 35.5 Å². The lowest BCUT2D eigenvalue weighted by molar-refractivity contribution is 0.0545. The Morgan fingerprint density at radius 3 is 2.86 bits per heavy atom. The number of carbonyl (C=O) groups is 1. The molecule has 1 fully saturated rings. The van der Waals surface area contributed by atoms with Crippen LogP contribution in [0.5, 0.6) is 5.75 Å². The third kappa shape index (κ3) is 3.50. The Balaban J connectivity index is 1.68. The first-order chi connectivity index (χ1) is 13.6. The van der Waals surface area contributed by atoms with Crippen molar-refractivity contribution in [2.75, 3.05) is 19.7 Å². The molecule has 1 saturated heterocycles. The molecular formula is C21H24N4O3. The molecule has 4 rings (SSSR count). The average molecular weight is 380 g/mol. The Labute approximate surface area is 163 Å². The molecule has 0 aliphatic carbocycles. The number of fused-ring (bicyclic) bond motifs is 1. The smallest absolute Gasteiger partial charge is 0.252 e. The Morgan fingerprint density at radius 1 is 1.32 bits per heavy atom. The van der Waals surface area contributed by atoms with E-state index in [-0.39, 0.29) is 23.8 Å². The molecular weight excluding hydrogens is 356 g/mol. The molecule has 2 aliphatic rings. The highest BCUT2D eigenvalue weighted by molar-refractivity contribution is 6.11. The lowest BCUT2D eigenvalue weighted by atomic mass is 9.99. The number of carbonyl (C=O) groups excluding carboxylic acids is 1. The number of hydrogen-bond acceptors (Lipinski definition) is 6. The summed E-state index contributed by atoms with van der Waals surface area (Å²) in [6, 6.07) is 8.54. The minimum absolute atomic E-state index is 0.0323. The number of rotatable bonds is 5. The molecule has 1 aromatic carbocycles. The lowest BCUT2D eigenvalue weighted by Gasteiger charge is -2.21. The molecule has 2 unspecified atom stereocenters. The Bertz CT molecular complexity index is 924. The molecule has 2 aliphatic heterocycles. The van der Waals surface area contributed by atoms with Crippen molar-refractivity contribution in [1.29, 1.82) is 0 Å². The molecule has 0 saturated carbocycles. The molecule has 0 spiro atoms. The van der Waals surface area contributed by atoms with Gasteiger partial charge in [0.1, 0.15) is 5.75 Å². The van der Waals surface area contributed by atoms with Crippen LogP contribution in [-0.2, 0) is 11.3 Å². The zero-order valence-corrected chi connectivity index (χ0v) is 16.0. The summed E-state index contributed by atoms with van der Waals surface area (Å²) in [5.74, 6) is 0.0475. The number of aromatic hydroxyl groups is 1. The Kier molecular flexibility index (Phi) is 5.11. The van der Waals surface area contributed by atoms with Gasteiger partial charge in [0.15, 0.2) is 0 Å². The molecule has 146 valence electrons. The summed E-state index contributed by atoms with van der Waals surface area (Å²) in [7, 11) is 0. The molecule has 0 bridgehead atoms. The van der Waals surface area contributed by atoms with Crippen LogP contribution < -0.4 is 10.6 Å². The largest absolute Gasteiger partial charge is 0.508 e. The van der Waals surface area contributed by atoms with Crippen molar-refractivity contribution in [3.63, 3.8) is 0 Å². The fourth-order valence-electron chi connectivity index (χ4n) is 3.78. The lowest BCUT2D eigenvalue weighted by Crippen LogP contribution is -2.44. The van der Waals surface area contributed by atoms with E-state index < -0.39 is 0 Å². The summed E-state index contributed by atoms with van der Waals surface area (Å²) in [5.41, 5.74) is 4.57. The van der Waals surface area contributed by atoms with Gasteiger partial charge in [-0.3, -0.25) is 14.8 Å². The van der Waals surface area contributed by atoms with Crippen molar-refractivity contribution >= 4 is 11.6 Å². The maximum absolute atomic E-state index is 13.2. The van der Waals surface area contributed by atoms with Gasteiger partial charge in [-0.05, 0) is 44.2 Å². The quantitative estimate of drug-likeness (QED) is 0.736. The maximum atomic E-state index is 13.2. The summed E-state index contributed by atoms with van der Waals surface area (Å²) in [5, 5.41) is 15.9.